The lowest BCUT2D eigenvalue weighted by Crippen LogP contribution is -2.37. The molecule has 1 aromatic heterocycles. The van der Waals surface area contributed by atoms with Crippen molar-refractivity contribution in [1.82, 2.24) is 9.88 Å². The van der Waals surface area contributed by atoms with Gasteiger partial charge in [0.25, 0.3) is 0 Å². The van der Waals surface area contributed by atoms with Gasteiger partial charge in [-0.15, -0.1) is 23.1 Å². The third-order valence-corrected chi connectivity index (χ3v) is 6.49. The Hall–Kier alpha value is -1.40. The monoisotopic (exact) mass is 378 g/mol. The highest BCUT2D eigenvalue weighted by Crippen LogP contribution is 2.27. The average molecular weight is 379 g/mol. The summed E-state index contributed by atoms with van der Waals surface area (Å²) in [6.07, 6.45) is 4.71. The van der Waals surface area contributed by atoms with Crippen molar-refractivity contribution < 1.29 is 9.18 Å². The van der Waals surface area contributed by atoms with Gasteiger partial charge in [-0.2, -0.15) is 0 Å². The maximum atomic E-state index is 13.0. The summed E-state index contributed by atoms with van der Waals surface area (Å²) in [6, 6.07) is 6.40. The zero-order chi connectivity index (χ0) is 17.6. The number of aromatic nitrogens is 1. The number of thiazole rings is 1. The van der Waals surface area contributed by atoms with Crippen molar-refractivity contribution in [2.45, 2.75) is 43.6 Å². The zero-order valence-electron chi connectivity index (χ0n) is 14.4. The van der Waals surface area contributed by atoms with Crippen LogP contribution in [0.15, 0.2) is 29.6 Å². The Morgan fingerprint density at radius 2 is 1.92 bits per heavy atom. The van der Waals surface area contributed by atoms with E-state index in [1.54, 1.807) is 35.2 Å². The number of carbonyl (C=O) groups excluding carboxylic acids is 1. The van der Waals surface area contributed by atoms with Crippen molar-refractivity contribution in [3.8, 4) is 10.6 Å². The van der Waals surface area contributed by atoms with Gasteiger partial charge in [0, 0.05) is 29.8 Å². The molecule has 0 bridgehead atoms. The van der Waals surface area contributed by atoms with Crippen molar-refractivity contribution >= 4 is 29.0 Å². The summed E-state index contributed by atoms with van der Waals surface area (Å²) in [5.41, 5.74) is 1.90. The quantitative estimate of drug-likeness (QED) is 0.736. The molecular weight excluding hydrogens is 355 g/mol. The van der Waals surface area contributed by atoms with Crippen LogP contribution in [0, 0.1) is 5.82 Å². The molecule has 1 aromatic carbocycles. The van der Waals surface area contributed by atoms with Crippen molar-refractivity contribution in [2.24, 2.45) is 0 Å². The van der Waals surface area contributed by atoms with E-state index in [4.69, 9.17) is 0 Å². The number of likely N-dealkylation sites (tertiary alicyclic amines) is 1. The van der Waals surface area contributed by atoms with Crippen LogP contribution in [0.25, 0.3) is 10.6 Å². The second kappa shape index (κ2) is 8.81. The summed E-state index contributed by atoms with van der Waals surface area (Å²) in [5, 5.41) is 2.87. The lowest BCUT2D eigenvalue weighted by molar-refractivity contribution is -0.130. The number of benzene rings is 1. The molecular formula is C19H23FN2OS2. The van der Waals surface area contributed by atoms with Crippen molar-refractivity contribution in [2.75, 3.05) is 13.1 Å². The van der Waals surface area contributed by atoms with Crippen LogP contribution in [0.3, 0.4) is 0 Å². The molecule has 1 saturated heterocycles. The maximum Gasteiger partial charge on any atom is 0.235 e. The Kier molecular flexibility index (Phi) is 6.48. The number of hydrogen-bond acceptors (Lipinski definition) is 4. The molecule has 134 valence electrons. The molecule has 0 saturated carbocycles. The molecule has 1 fully saturated rings. The molecule has 2 heterocycles. The number of rotatable bonds is 5. The molecule has 0 radical (unpaired) electrons. The molecule has 2 aromatic rings. The molecule has 25 heavy (non-hydrogen) atoms. The summed E-state index contributed by atoms with van der Waals surface area (Å²) < 4.78 is 13.0. The van der Waals surface area contributed by atoms with E-state index >= 15 is 0 Å². The average Bonchev–Trinajstić information content (AvgIpc) is 2.93. The van der Waals surface area contributed by atoms with Crippen molar-refractivity contribution in [3.05, 3.63) is 41.2 Å². The van der Waals surface area contributed by atoms with E-state index in [0.717, 1.165) is 47.9 Å². The predicted molar refractivity (Wildman–Crippen MR) is 103 cm³/mol. The Morgan fingerprint density at radius 3 is 2.60 bits per heavy atom. The van der Waals surface area contributed by atoms with Gasteiger partial charge in [0.2, 0.25) is 5.91 Å². The smallest absolute Gasteiger partial charge is 0.235 e. The van der Waals surface area contributed by atoms with Gasteiger partial charge in [0.1, 0.15) is 10.8 Å². The van der Waals surface area contributed by atoms with Gasteiger partial charge in [-0.1, -0.05) is 12.8 Å². The normalized spacial score (nSPS) is 16.5. The van der Waals surface area contributed by atoms with E-state index in [-0.39, 0.29) is 17.0 Å². The number of amides is 1. The fourth-order valence-corrected chi connectivity index (χ4v) is 4.72. The van der Waals surface area contributed by atoms with E-state index in [0.29, 0.717) is 0 Å². The van der Waals surface area contributed by atoms with Crippen LogP contribution in [-0.2, 0) is 10.5 Å². The highest BCUT2D eigenvalue weighted by atomic mass is 32.2. The first-order chi connectivity index (χ1) is 12.1. The first-order valence-corrected chi connectivity index (χ1v) is 10.7. The van der Waals surface area contributed by atoms with E-state index in [9.17, 15) is 9.18 Å². The molecule has 1 unspecified atom stereocenters. The lowest BCUT2D eigenvalue weighted by atomic mass is 10.2. The largest absolute Gasteiger partial charge is 0.342 e. The Morgan fingerprint density at radius 1 is 1.24 bits per heavy atom. The second-order valence-electron chi connectivity index (χ2n) is 6.34. The van der Waals surface area contributed by atoms with Crippen molar-refractivity contribution in [1.29, 1.82) is 0 Å². The third-order valence-electron chi connectivity index (χ3n) is 4.39. The molecule has 1 amide bonds. The van der Waals surface area contributed by atoms with Gasteiger partial charge in [-0.25, -0.2) is 9.37 Å². The Bertz CT molecular complexity index is 694. The topological polar surface area (TPSA) is 33.2 Å². The molecule has 0 spiro atoms. The summed E-state index contributed by atoms with van der Waals surface area (Å²) >= 11 is 3.20. The first-order valence-electron chi connectivity index (χ1n) is 8.74. The van der Waals surface area contributed by atoms with Crippen molar-refractivity contribution in [3.63, 3.8) is 0 Å². The van der Waals surface area contributed by atoms with E-state index in [2.05, 4.69) is 4.98 Å². The summed E-state index contributed by atoms with van der Waals surface area (Å²) in [4.78, 5) is 19.2. The fourth-order valence-electron chi connectivity index (χ4n) is 2.93. The molecule has 3 rings (SSSR count). The number of hydrogen-bond donors (Lipinski definition) is 0. The second-order valence-corrected chi connectivity index (χ2v) is 8.53. The van der Waals surface area contributed by atoms with Crippen LogP contribution in [0.4, 0.5) is 4.39 Å². The van der Waals surface area contributed by atoms with Crippen LogP contribution in [0.5, 0.6) is 0 Å². The van der Waals surface area contributed by atoms with Gasteiger partial charge in [0.05, 0.1) is 10.9 Å². The Balaban J connectivity index is 1.54. The van der Waals surface area contributed by atoms with Gasteiger partial charge in [-0.05, 0) is 44.0 Å². The SMILES string of the molecule is CC(SCc1csc(-c2ccc(F)cc2)n1)C(=O)N1CCCCCC1. The number of thioether (sulfide) groups is 1. The minimum atomic E-state index is -0.239. The van der Waals surface area contributed by atoms with Crippen LogP contribution < -0.4 is 0 Å². The van der Waals surface area contributed by atoms with E-state index in [1.165, 1.54) is 25.0 Å². The first kappa shape index (κ1) is 18.4. The molecule has 0 N–H and O–H groups in total. The van der Waals surface area contributed by atoms with Gasteiger partial charge in [-0.3, -0.25) is 4.79 Å². The zero-order valence-corrected chi connectivity index (χ0v) is 16.0. The minimum Gasteiger partial charge on any atom is -0.342 e. The lowest BCUT2D eigenvalue weighted by Gasteiger charge is -2.23. The number of nitrogens with zero attached hydrogens (tertiary/aromatic N) is 2. The fraction of sp³-hybridized carbons (Fsp3) is 0.474. The van der Waals surface area contributed by atoms with E-state index < -0.39 is 0 Å². The van der Waals surface area contributed by atoms with Gasteiger partial charge in [0.15, 0.2) is 0 Å². The predicted octanol–water partition coefficient (Wildman–Crippen LogP) is 4.97. The van der Waals surface area contributed by atoms with Gasteiger partial charge >= 0.3 is 0 Å². The Labute approximate surface area is 156 Å². The number of carbonyl (C=O) groups is 1. The summed E-state index contributed by atoms with van der Waals surface area (Å²) in [7, 11) is 0. The van der Waals surface area contributed by atoms with Gasteiger partial charge < -0.3 is 4.90 Å². The van der Waals surface area contributed by atoms with Crippen LogP contribution >= 0.6 is 23.1 Å². The van der Waals surface area contributed by atoms with Crippen LogP contribution in [0.1, 0.15) is 38.3 Å². The third kappa shape index (κ3) is 5.05. The molecule has 1 atom stereocenters. The highest BCUT2D eigenvalue weighted by Gasteiger charge is 2.22. The highest BCUT2D eigenvalue weighted by molar-refractivity contribution is 7.99. The van der Waals surface area contributed by atoms with E-state index in [1.807, 2.05) is 17.2 Å². The standard InChI is InChI=1S/C19H23FN2OS2/c1-14(19(23)22-10-4-2-3-5-11-22)24-12-17-13-25-18(21-17)15-6-8-16(20)9-7-15/h6-9,13-14H,2-5,10-12H2,1H3. The minimum absolute atomic E-state index is 0.0472. The summed E-state index contributed by atoms with van der Waals surface area (Å²) in [6.45, 7) is 3.79. The molecule has 6 heteroatoms. The molecule has 1 aliphatic rings. The number of halogens is 1. The molecule has 3 nitrogen and oxygen atoms in total. The maximum absolute atomic E-state index is 13.0. The molecule has 1 aliphatic heterocycles. The summed E-state index contributed by atoms with van der Waals surface area (Å²) in [5.74, 6) is 0.733. The molecule has 0 aliphatic carbocycles. The van der Waals surface area contributed by atoms with Crippen LogP contribution in [-0.4, -0.2) is 34.1 Å². The van der Waals surface area contributed by atoms with Crippen LogP contribution in [0.2, 0.25) is 0 Å².